The van der Waals surface area contributed by atoms with E-state index in [2.05, 4.69) is 4.74 Å². The molecular weight excluding hydrogens is 156 g/mol. The summed E-state index contributed by atoms with van der Waals surface area (Å²) in [5.74, 6) is -0.705. The molecule has 0 saturated carbocycles. The Kier molecular flexibility index (Phi) is 5.00. The fraction of sp³-hybridized carbons (Fsp3) is 0.556. The van der Waals surface area contributed by atoms with E-state index >= 15 is 0 Å². The Balaban J connectivity index is 0.000000561. The van der Waals surface area contributed by atoms with Gasteiger partial charge in [0.25, 0.3) is 0 Å². The van der Waals surface area contributed by atoms with Crippen molar-refractivity contribution in [3.63, 3.8) is 0 Å². The highest BCUT2D eigenvalue weighted by molar-refractivity contribution is 6.16. The summed E-state index contributed by atoms with van der Waals surface area (Å²) in [5.41, 5.74) is 0.186. The minimum absolute atomic E-state index is 0.186. The molecule has 0 unspecified atom stereocenters. The summed E-state index contributed by atoms with van der Waals surface area (Å²) >= 11 is 0. The van der Waals surface area contributed by atoms with E-state index in [1.807, 2.05) is 13.8 Å². The second-order valence-corrected chi connectivity index (χ2v) is 2.10. The fourth-order valence-corrected chi connectivity index (χ4v) is 0.803. The molecule has 1 aliphatic heterocycles. The zero-order chi connectivity index (χ0) is 9.56. The standard InChI is InChI=1S/C7H8O3.C2H6/c1-5(8)6-3-2-4-10-7(6)9;1-2/h3H,2,4H2,1H3;1-2H3. The summed E-state index contributed by atoms with van der Waals surface area (Å²) < 4.78 is 4.62. The zero-order valence-electron chi connectivity index (χ0n) is 7.72. The molecule has 3 heteroatoms. The molecular formula is C9H14O3. The molecule has 0 aromatic carbocycles. The first-order valence-electron chi connectivity index (χ1n) is 4.10. The summed E-state index contributed by atoms with van der Waals surface area (Å²) in [6.07, 6.45) is 2.27. The highest BCUT2D eigenvalue weighted by atomic mass is 16.5. The van der Waals surface area contributed by atoms with Crippen molar-refractivity contribution in [3.8, 4) is 0 Å². The first-order valence-corrected chi connectivity index (χ1v) is 4.10. The summed E-state index contributed by atoms with van der Waals surface area (Å²) in [5, 5.41) is 0. The van der Waals surface area contributed by atoms with Crippen LogP contribution in [0.4, 0.5) is 0 Å². The van der Waals surface area contributed by atoms with Crippen LogP contribution in [0, 0.1) is 0 Å². The number of carbonyl (C=O) groups excluding carboxylic acids is 2. The molecule has 0 atom stereocenters. The molecule has 0 aliphatic carbocycles. The average Bonchev–Trinajstić information content (AvgIpc) is 2.08. The van der Waals surface area contributed by atoms with Gasteiger partial charge in [-0.25, -0.2) is 4.79 Å². The van der Waals surface area contributed by atoms with Gasteiger partial charge in [-0.2, -0.15) is 0 Å². The van der Waals surface area contributed by atoms with Gasteiger partial charge in [0.15, 0.2) is 5.78 Å². The third kappa shape index (κ3) is 2.86. The third-order valence-electron chi connectivity index (χ3n) is 1.30. The number of hydrogen-bond donors (Lipinski definition) is 0. The molecule has 0 radical (unpaired) electrons. The van der Waals surface area contributed by atoms with Crippen molar-refractivity contribution in [2.75, 3.05) is 6.61 Å². The molecule has 3 nitrogen and oxygen atoms in total. The van der Waals surface area contributed by atoms with Crippen molar-refractivity contribution in [2.45, 2.75) is 27.2 Å². The molecule has 0 spiro atoms. The Labute approximate surface area is 72.4 Å². The monoisotopic (exact) mass is 170 g/mol. The van der Waals surface area contributed by atoms with Gasteiger partial charge in [0.2, 0.25) is 0 Å². The second-order valence-electron chi connectivity index (χ2n) is 2.10. The van der Waals surface area contributed by atoms with Gasteiger partial charge in [0.1, 0.15) is 0 Å². The number of carbonyl (C=O) groups is 2. The second kappa shape index (κ2) is 5.52. The van der Waals surface area contributed by atoms with Gasteiger partial charge in [0.05, 0.1) is 12.2 Å². The third-order valence-corrected chi connectivity index (χ3v) is 1.30. The molecule has 0 saturated heterocycles. The van der Waals surface area contributed by atoms with Gasteiger partial charge in [-0.15, -0.1) is 0 Å². The van der Waals surface area contributed by atoms with Crippen molar-refractivity contribution >= 4 is 11.8 Å². The van der Waals surface area contributed by atoms with E-state index in [1.165, 1.54) is 6.92 Å². The quantitative estimate of drug-likeness (QED) is 0.442. The normalized spacial score (nSPS) is 15.2. The van der Waals surface area contributed by atoms with E-state index in [-0.39, 0.29) is 11.4 Å². The van der Waals surface area contributed by atoms with E-state index in [4.69, 9.17) is 0 Å². The van der Waals surface area contributed by atoms with Crippen molar-refractivity contribution in [1.82, 2.24) is 0 Å². The lowest BCUT2D eigenvalue weighted by Gasteiger charge is -2.09. The zero-order valence-corrected chi connectivity index (χ0v) is 7.72. The van der Waals surface area contributed by atoms with Crippen molar-refractivity contribution in [1.29, 1.82) is 0 Å². The molecule has 0 bridgehead atoms. The van der Waals surface area contributed by atoms with Crippen LogP contribution in [0.3, 0.4) is 0 Å². The molecule has 68 valence electrons. The van der Waals surface area contributed by atoms with Gasteiger partial charge in [-0.1, -0.05) is 19.9 Å². The number of esters is 1. The van der Waals surface area contributed by atoms with Crippen LogP contribution in [0.25, 0.3) is 0 Å². The predicted molar refractivity (Wildman–Crippen MR) is 45.7 cm³/mol. The van der Waals surface area contributed by atoms with E-state index < -0.39 is 5.97 Å². The number of cyclic esters (lactones) is 1. The number of rotatable bonds is 1. The summed E-state index contributed by atoms with van der Waals surface area (Å²) in [4.78, 5) is 21.4. The van der Waals surface area contributed by atoms with Crippen LogP contribution in [-0.4, -0.2) is 18.4 Å². The van der Waals surface area contributed by atoms with Gasteiger partial charge in [-0.3, -0.25) is 4.79 Å². The maximum atomic E-state index is 10.7. The summed E-state index contributed by atoms with van der Waals surface area (Å²) in [7, 11) is 0. The Morgan fingerprint density at radius 3 is 2.42 bits per heavy atom. The lowest BCUT2D eigenvalue weighted by molar-refractivity contribution is -0.141. The van der Waals surface area contributed by atoms with Gasteiger partial charge in [0, 0.05) is 6.42 Å². The van der Waals surface area contributed by atoms with E-state index in [0.29, 0.717) is 13.0 Å². The molecule has 1 aliphatic rings. The Morgan fingerprint density at radius 2 is 2.08 bits per heavy atom. The first-order chi connectivity index (χ1) is 5.72. The average molecular weight is 170 g/mol. The highest BCUT2D eigenvalue weighted by Gasteiger charge is 2.18. The van der Waals surface area contributed by atoms with E-state index in [0.717, 1.165) is 0 Å². The topological polar surface area (TPSA) is 43.4 Å². The SMILES string of the molecule is CC.CC(=O)C1=CCCOC1=O. The van der Waals surface area contributed by atoms with Crippen molar-refractivity contribution in [2.24, 2.45) is 0 Å². The maximum Gasteiger partial charge on any atom is 0.341 e. The van der Waals surface area contributed by atoms with Crippen LogP contribution in [0.2, 0.25) is 0 Å². The van der Waals surface area contributed by atoms with E-state index in [1.54, 1.807) is 6.08 Å². The van der Waals surface area contributed by atoms with Crippen molar-refractivity contribution in [3.05, 3.63) is 11.6 Å². The molecule has 0 fully saturated rings. The molecule has 0 amide bonds. The van der Waals surface area contributed by atoms with Crippen LogP contribution < -0.4 is 0 Å². The Bertz CT molecular complexity index is 204. The lowest BCUT2D eigenvalue weighted by atomic mass is 10.1. The van der Waals surface area contributed by atoms with Gasteiger partial charge in [-0.05, 0) is 6.92 Å². The molecule has 1 rings (SSSR count). The number of hydrogen-bond acceptors (Lipinski definition) is 3. The molecule has 0 aromatic heterocycles. The number of Topliss-reactive ketones (excluding diaryl/α,β-unsaturated/α-hetero) is 1. The van der Waals surface area contributed by atoms with Gasteiger partial charge < -0.3 is 4.74 Å². The van der Waals surface area contributed by atoms with Gasteiger partial charge >= 0.3 is 5.97 Å². The maximum absolute atomic E-state index is 10.7. The van der Waals surface area contributed by atoms with Crippen molar-refractivity contribution < 1.29 is 14.3 Å². The largest absolute Gasteiger partial charge is 0.462 e. The van der Waals surface area contributed by atoms with E-state index in [9.17, 15) is 9.59 Å². The highest BCUT2D eigenvalue weighted by Crippen LogP contribution is 2.07. The molecule has 12 heavy (non-hydrogen) atoms. The van der Waals surface area contributed by atoms with Crippen LogP contribution in [-0.2, 0) is 14.3 Å². The molecule has 0 N–H and O–H groups in total. The van der Waals surface area contributed by atoms with Crippen LogP contribution in [0.5, 0.6) is 0 Å². The minimum atomic E-state index is -0.487. The first kappa shape index (κ1) is 10.9. The van der Waals surface area contributed by atoms with Crippen LogP contribution >= 0.6 is 0 Å². The smallest absolute Gasteiger partial charge is 0.341 e. The number of ketones is 1. The fourth-order valence-electron chi connectivity index (χ4n) is 0.803. The Hall–Kier alpha value is -1.12. The lowest BCUT2D eigenvalue weighted by Crippen LogP contribution is -2.18. The van der Waals surface area contributed by atoms with Crippen LogP contribution in [0.1, 0.15) is 27.2 Å². The summed E-state index contributed by atoms with van der Waals surface area (Å²) in [6, 6.07) is 0. The molecule has 0 aromatic rings. The Morgan fingerprint density at radius 1 is 1.50 bits per heavy atom. The molecule has 1 heterocycles. The number of ether oxygens (including phenoxy) is 1. The predicted octanol–water partition coefficient (Wildman–Crippen LogP) is 1.47. The minimum Gasteiger partial charge on any atom is -0.462 e. The summed E-state index contributed by atoms with van der Waals surface area (Å²) in [6.45, 7) is 5.76. The van der Waals surface area contributed by atoms with Crippen LogP contribution in [0.15, 0.2) is 11.6 Å².